The van der Waals surface area contributed by atoms with Gasteiger partial charge in [-0.25, -0.2) is 0 Å². The highest BCUT2D eigenvalue weighted by atomic mass is 16.5. The lowest BCUT2D eigenvalue weighted by Crippen LogP contribution is -2.33. The van der Waals surface area contributed by atoms with Crippen molar-refractivity contribution in [1.29, 1.82) is 0 Å². The molecule has 0 bridgehead atoms. The Balaban J connectivity index is 1.60. The summed E-state index contributed by atoms with van der Waals surface area (Å²) in [6, 6.07) is 9.38. The van der Waals surface area contributed by atoms with Crippen LogP contribution in [0.3, 0.4) is 0 Å². The minimum absolute atomic E-state index is 0.182. The van der Waals surface area contributed by atoms with Crippen LogP contribution in [0.4, 0.5) is 0 Å². The number of benzene rings is 1. The van der Waals surface area contributed by atoms with E-state index in [1.54, 1.807) is 0 Å². The average Bonchev–Trinajstić information content (AvgIpc) is 2.53. The molecule has 21 heavy (non-hydrogen) atoms. The maximum atomic E-state index is 11.7. The van der Waals surface area contributed by atoms with E-state index in [1.807, 2.05) is 30.3 Å². The summed E-state index contributed by atoms with van der Waals surface area (Å²) in [5.41, 5.74) is 0.894. The first kappa shape index (κ1) is 15.5. The Bertz CT molecular complexity index is 452. The highest BCUT2D eigenvalue weighted by molar-refractivity contribution is 5.81. The van der Waals surface area contributed by atoms with Crippen molar-refractivity contribution < 1.29 is 14.3 Å². The second-order valence-corrected chi connectivity index (χ2v) is 5.63. The van der Waals surface area contributed by atoms with Crippen molar-refractivity contribution in [3.63, 3.8) is 0 Å². The van der Waals surface area contributed by atoms with Crippen LogP contribution in [0.25, 0.3) is 0 Å². The molecule has 0 aliphatic heterocycles. The molecule has 1 N–H and O–H groups in total. The molecule has 2 rings (SSSR count). The molecule has 114 valence electrons. The zero-order chi connectivity index (χ0) is 14.9. The highest BCUT2D eigenvalue weighted by Gasteiger charge is 2.15. The summed E-state index contributed by atoms with van der Waals surface area (Å²) in [5, 5.41) is 2.86. The molecular formula is C17H23NO3. The monoisotopic (exact) mass is 289 g/mol. The molecule has 1 amide bonds. The average molecular weight is 289 g/mol. The van der Waals surface area contributed by atoms with Gasteiger partial charge in [-0.05, 0) is 24.3 Å². The summed E-state index contributed by atoms with van der Waals surface area (Å²) in [7, 11) is 0. The molecule has 1 aliphatic carbocycles. The van der Waals surface area contributed by atoms with E-state index in [9.17, 15) is 9.59 Å². The Labute approximate surface area is 125 Å². The topological polar surface area (TPSA) is 55.4 Å². The molecular weight excluding hydrogens is 266 g/mol. The van der Waals surface area contributed by atoms with Crippen molar-refractivity contribution in [1.82, 2.24) is 5.32 Å². The molecule has 1 aliphatic rings. The maximum absolute atomic E-state index is 11.7. The van der Waals surface area contributed by atoms with E-state index in [0.717, 1.165) is 5.56 Å². The summed E-state index contributed by atoms with van der Waals surface area (Å²) >= 11 is 0. The van der Waals surface area contributed by atoms with Gasteiger partial charge in [0.15, 0.2) is 6.61 Å². The molecule has 1 aromatic carbocycles. The summed E-state index contributed by atoms with van der Waals surface area (Å²) in [6.07, 6.45) is 6.40. The standard InChI is InChI=1S/C17H23NO3/c19-16(18-12-15-9-5-2-6-10-15)13-21-17(20)11-14-7-3-1-4-8-14/h1,3-4,7-8,15H,2,5-6,9-13H2,(H,18,19). The van der Waals surface area contributed by atoms with Crippen molar-refractivity contribution in [3.05, 3.63) is 35.9 Å². The smallest absolute Gasteiger partial charge is 0.310 e. The van der Waals surface area contributed by atoms with E-state index in [4.69, 9.17) is 4.74 Å². The zero-order valence-electron chi connectivity index (χ0n) is 12.3. The number of carbonyl (C=O) groups is 2. The van der Waals surface area contributed by atoms with E-state index in [-0.39, 0.29) is 24.9 Å². The minimum atomic E-state index is -0.367. The van der Waals surface area contributed by atoms with Crippen molar-refractivity contribution >= 4 is 11.9 Å². The molecule has 1 saturated carbocycles. The molecule has 1 aromatic rings. The van der Waals surface area contributed by atoms with Crippen LogP contribution in [0.15, 0.2) is 30.3 Å². The van der Waals surface area contributed by atoms with E-state index in [0.29, 0.717) is 12.5 Å². The first-order chi connectivity index (χ1) is 10.2. The third-order valence-electron chi connectivity index (χ3n) is 3.87. The van der Waals surface area contributed by atoms with E-state index in [2.05, 4.69) is 5.32 Å². The van der Waals surface area contributed by atoms with Crippen LogP contribution in [0.1, 0.15) is 37.7 Å². The van der Waals surface area contributed by atoms with Gasteiger partial charge in [-0.2, -0.15) is 0 Å². The van der Waals surface area contributed by atoms with Crippen molar-refractivity contribution in [2.75, 3.05) is 13.2 Å². The molecule has 4 nitrogen and oxygen atoms in total. The van der Waals surface area contributed by atoms with Gasteiger partial charge in [-0.1, -0.05) is 49.6 Å². The molecule has 0 unspecified atom stereocenters. The van der Waals surface area contributed by atoms with Gasteiger partial charge in [0.25, 0.3) is 5.91 Å². The highest BCUT2D eigenvalue weighted by Crippen LogP contribution is 2.22. The van der Waals surface area contributed by atoms with Crippen LogP contribution in [-0.2, 0) is 20.7 Å². The number of amides is 1. The van der Waals surface area contributed by atoms with Gasteiger partial charge in [-0.3, -0.25) is 9.59 Å². The Morgan fingerprint density at radius 1 is 1.10 bits per heavy atom. The SMILES string of the molecule is O=C(COC(=O)Cc1ccccc1)NCC1CCCCC1. The van der Waals surface area contributed by atoms with Gasteiger partial charge in [0, 0.05) is 6.54 Å². The van der Waals surface area contributed by atoms with E-state index >= 15 is 0 Å². The third kappa shape index (κ3) is 5.98. The lowest BCUT2D eigenvalue weighted by Gasteiger charge is -2.21. The van der Waals surface area contributed by atoms with Gasteiger partial charge < -0.3 is 10.1 Å². The van der Waals surface area contributed by atoms with Crippen LogP contribution < -0.4 is 5.32 Å². The van der Waals surface area contributed by atoms with Gasteiger partial charge in [0.1, 0.15) is 0 Å². The van der Waals surface area contributed by atoms with E-state index in [1.165, 1.54) is 32.1 Å². The van der Waals surface area contributed by atoms with Crippen molar-refractivity contribution in [2.24, 2.45) is 5.92 Å². The molecule has 0 saturated heterocycles. The Hall–Kier alpha value is -1.84. The quantitative estimate of drug-likeness (QED) is 0.819. The predicted octanol–water partition coefficient (Wildman–Crippen LogP) is 2.47. The molecule has 0 aromatic heterocycles. The van der Waals surface area contributed by atoms with Gasteiger partial charge >= 0.3 is 5.97 Å². The summed E-state index contributed by atoms with van der Waals surface area (Å²) < 4.78 is 5.00. The zero-order valence-corrected chi connectivity index (χ0v) is 12.3. The predicted molar refractivity (Wildman–Crippen MR) is 80.7 cm³/mol. The minimum Gasteiger partial charge on any atom is -0.455 e. The lowest BCUT2D eigenvalue weighted by molar-refractivity contribution is -0.147. The molecule has 4 heteroatoms. The molecule has 0 heterocycles. The molecule has 0 atom stereocenters. The molecule has 0 spiro atoms. The normalized spacial score (nSPS) is 15.4. The fourth-order valence-electron chi connectivity index (χ4n) is 2.66. The second-order valence-electron chi connectivity index (χ2n) is 5.63. The molecule has 0 radical (unpaired) electrons. The number of rotatable bonds is 6. The first-order valence-electron chi connectivity index (χ1n) is 7.70. The Morgan fingerprint density at radius 2 is 1.81 bits per heavy atom. The number of esters is 1. The van der Waals surface area contributed by atoms with E-state index < -0.39 is 0 Å². The summed E-state index contributed by atoms with van der Waals surface area (Å²) in [5.74, 6) is 0.0127. The van der Waals surface area contributed by atoms with Crippen molar-refractivity contribution in [3.8, 4) is 0 Å². The fourth-order valence-corrected chi connectivity index (χ4v) is 2.66. The Kier molecular flexibility index (Phi) is 6.25. The van der Waals surface area contributed by atoms with Crippen LogP contribution >= 0.6 is 0 Å². The number of nitrogens with one attached hydrogen (secondary N) is 1. The number of hydrogen-bond donors (Lipinski definition) is 1. The number of hydrogen-bond acceptors (Lipinski definition) is 3. The first-order valence-corrected chi connectivity index (χ1v) is 7.70. The van der Waals surface area contributed by atoms with Crippen LogP contribution in [-0.4, -0.2) is 25.0 Å². The number of ether oxygens (including phenoxy) is 1. The van der Waals surface area contributed by atoms with Gasteiger partial charge in [0.2, 0.25) is 0 Å². The fraction of sp³-hybridized carbons (Fsp3) is 0.529. The third-order valence-corrected chi connectivity index (χ3v) is 3.87. The molecule has 1 fully saturated rings. The van der Waals surface area contributed by atoms with Crippen molar-refractivity contribution in [2.45, 2.75) is 38.5 Å². The van der Waals surface area contributed by atoms with Crippen LogP contribution in [0.5, 0.6) is 0 Å². The second kappa shape index (κ2) is 8.45. The maximum Gasteiger partial charge on any atom is 0.310 e. The Morgan fingerprint density at radius 3 is 2.52 bits per heavy atom. The van der Waals surface area contributed by atoms with Crippen LogP contribution in [0.2, 0.25) is 0 Å². The summed E-state index contributed by atoms with van der Waals surface area (Å²) in [6.45, 7) is 0.521. The summed E-state index contributed by atoms with van der Waals surface area (Å²) in [4.78, 5) is 23.3. The van der Waals surface area contributed by atoms with Gasteiger partial charge in [0.05, 0.1) is 6.42 Å². The largest absolute Gasteiger partial charge is 0.455 e. The number of carbonyl (C=O) groups excluding carboxylic acids is 2. The van der Waals surface area contributed by atoms with Gasteiger partial charge in [-0.15, -0.1) is 0 Å². The lowest BCUT2D eigenvalue weighted by atomic mass is 9.89. The van der Waals surface area contributed by atoms with Crippen LogP contribution in [0, 0.1) is 5.92 Å².